The molecular weight excluding hydrogens is 389 g/mol. The van der Waals surface area contributed by atoms with Crippen LogP contribution in [0.4, 0.5) is 4.39 Å². The van der Waals surface area contributed by atoms with Gasteiger partial charge in [0.25, 0.3) is 0 Å². The zero-order chi connectivity index (χ0) is 14.7. The molecule has 0 spiro atoms. The van der Waals surface area contributed by atoms with Crippen molar-refractivity contribution in [3.8, 4) is 5.75 Å². The van der Waals surface area contributed by atoms with E-state index in [0.717, 1.165) is 21.3 Å². The van der Waals surface area contributed by atoms with E-state index in [0.29, 0.717) is 10.9 Å². The summed E-state index contributed by atoms with van der Waals surface area (Å²) >= 11 is 6.77. The molecule has 20 heavy (non-hydrogen) atoms. The lowest BCUT2D eigenvalue weighted by atomic mass is 9.99. The van der Waals surface area contributed by atoms with Crippen molar-refractivity contribution in [3.05, 3.63) is 62.3 Å². The van der Waals surface area contributed by atoms with Gasteiger partial charge in [-0.05, 0) is 53.9 Å². The molecule has 1 atom stereocenters. The summed E-state index contributed by atoms with van der Waals surface area (Å²) in [6, 6.07) is 10.1. The van der Waals surface area contributed by atoms with Crippen LogP contribution in [0.15, 0.2) is 45.3 Å². The molecule has 1 unspecified atom stereocenters. The van der Waals surface area contributed by atoms with E-state index in [9.17, 15) is 4.39 Å². The summed E-state index contributed by atoms with van der Waals surface area (Å²) in [5.41, 5.74) is 7.96. The number of nitrogens with two attached hydrogens (primary N) is 1. The van der Waals surface area contributed by atoms with Crippen molar-refractivity contribution in [3.63, 3.8) is 0 Å². The summed E-state index contributed by atoms with van der Waals surface area (Å²) in [7, 11) is 1.62. The van der Waals surface area contributed by atoms with Crippen molar-refractivity contribution in [2.24, 2.45) is 5.73 Å². The highest BCUT2D eigenvalue weighted by Crippen LogP contribution is 2.27. The van der Waals surface area contributed by atoms with Gasteiger partial charge in [0.2, 0.25) is 0 Å². The smallest absolute Gasteiger partial charge is 0.124 e. The van der Waals surface area contributed by atoms with Gasteiger partial charge in [0, 0.05) is 15.0 Å². The molecule has 0 saturated carbocycles. The summed E-state index contributed by atoms with van der Waals surface area (Å²) in [5, 5.41) is 0. The summed E-state index contributed by atoms with van der Waals surface area (Å²) in [4.78, 5) is 0. The van der Waals surface area contributed by atoms with Gasteiger partial charge < -0.3 is 10.5 Å². The number of methoxy groups -OCH3 is 1. The van der Waals surface area contributed by atoms with Gasteiger partial charge >= 0.3 is 0 Å². The molecule has 2 aromatic rings. The minimum absolute atomic E-state index is 0.287. The third kappa shape index (κ3) is 3.81. The molecule has 2 rings (SSSR count). The minimum Gasteiger partial charge on any atom is -0.497 e. The van der Waals surface area contributed by atoms with Crippen LogP contribution in [0.5, 0.6) is 5.75 Å². The van der Waals surface area contributed by atoms with Crippen molar-refractivity contribution in [1.29, 1.82) is 0 Å². The average molecular weight is 403 g/mol. The number of halogens is 3. The monoisotopic (exact) mass is 401 g/mol. The Morgan fingerprint density at radius 3 is 2.60 bits per heavy atom. The maximum absolute atomic E-state index is 13.4. The van der Waals surface area contributed by atoms with Crippen LogP contribution in [0.3, 0.4) is 0 Å². The quantitative estimate of drug-likeness (QED) is 0.810. The fourth-order valence-electron chi connectivity index (χ4n) is 1.98. The SMILES string of the molecule is COc1ccc(Br)c(CC(N)c2cc(F)cc(Br)c2)c1. The average Bonchev–Trinajstić information content (AvgIpc) is 2.40. The molecule has 2 nitrogen and oxygen atoms in total. The van der Waals surface area contributed by atoms with E-state index in [1.807, 2.05) is 24.3 Å². The second-order valence-corrected chi connectivity index (χ2v) is 6.24. The van der Waals surface area contributed by atoms with Crippen LogP contribution in [0.1, 0.15) is 17.2 Å². The van der Waals surface area contributed by atoms with Gasteiger partial charge in [-0.2, -0.15) is 0 Å². The summed E-state index contributed by atoms with van der Waals surface area (Å²) < 4.78 is 20.3. The maximum Gasteiger partial charge on any atom is 0.124 e. The first-order chi connectivity index (χ1) is 9.49. The predicted octanol–water partition coefficient (Wildman–Crippen LogP) is 4.60. The van der Waals surface area contributed by atoms with Crippen molar-refractivity contribution in [1.82, 2.24) is 0 Å². The molecule has 0 aliphatic carbocycles. The molecule has 0 saturated heterocycles. The molecule has 106 valence electrons. The topological polar surface area (TPSA) is 35.2 Å². The van der Waals surface area contributed by atoms with Gasteiger partial charge in [-0.3, -0.25) is 0 Å². The molecule has 0 heterocycles. The van der Waals surface area contributed by atoms with Crippen LogP contribution >= 0.6 is 31.9 Å². The summed E-state index contributed by atoms with van der Waals surface area (Å²) in [6.45, 7) is 0. The van der Waals surface area contributed by atoms with Gasteiger partial charge in [-0.1, -0.05) is 31.9 Å². The van der Waals surface area contributed by atoms with Gasteiger partial charge in [0.1, 0.15) is 11.6 Å². The Balaban J connectivity index is 2.24. The number of hydrogen-bond acceptors (Lipinski definition) is 2. The summed E-state index contributed by atoms with van der Waals surface area (Å²) in [5.74, 6) is 0.477. The lowest BCUT2D eigenvalue weighted by Crippen LogP contribution is -2.14. The van der Waals surface area contributed by atoms with Crippen LogP contribution in [-0.4, -0.2) is 7.11 Å². The van der Waals surface area contributed by atoms with Crippen LogP contribution in [-0.2, 0) is 6.42 Å². The molecule has 0 fully saturated rings. The second-order valence-electron chi connectivity index (χ2n) is 4.47. The lowest BCUT2D eigenvalue weighted by molar-refractivity contribution is 0.414. The van der Waals surface area contributed by atoms with Crippen LogP contribution in [0, 0.1) is 5.82 Å². The molecule has 0 bridgehead atoms. The third-order valence-corrected chi connectivity index (χ3v) is 4.24. The fraction of sp³-hybridized carbons (Fsp3) is 0.200. The van der Waals surface area contributed by atoms with E-state index in [-0.39, 0.29) is 11.9 Å². The largest absolute Gasteiger partial charge is 0.497 e. The molecule has 0 aromatic heterocycles. The molecular formula is C15H14Br2FNO. The van der Waals surface area contributed by atoms with E-state index in [2.05, 4.69) is 31.9 Å². The van der Waals surface area contributed by atoms with Crippen molar-refractivity contribution < 1.29 is 9.13 Å². The van der Waals surface area contributed by atoms with E-state index < -0.39 is 0 Å². The Morgan fingerprint density at radius 2 is 1.95 bits per heavy atom. The first-order valence-electron chi connectivity index (χ1n) is 6.03. The van der Waals surface area contributed by atoms with Gasteiger partial charge in [-0.15, -0.1) is 0 Å². The fourth-order valence-corrected chi connectivity index (χ4v) is 2.87. The zero-order valence-electron chi connectivity index (χ0n) is 10.9. The predicted molar refractivity (Wildman–Crippen MR) is 85.4 cm³/mol. The number of rotatable bonds is 4. The van der Waals surface area contributed by atoms with Crippen molar-refractivity contribution in [2.45, 2.75) is 12.5 Å². The Morgan fingerprint density at radius 1 is 1.20 bits per heavy atom. The Kier molecular flexibility index (Phi) is 5.18. The van der Waals surface area contributed by atoms with E-state index in [4.69, 9.17) is 10.5 Å². The first kappa shape index (κ1) is 15.5. The van der Waals surface area contributed by atoms with E-state index >= 15 is 0 Å². The summed E-state index contributed by atoms with van der Waals surface area (Å²) in [6.07, 6.45) is 0.591. The zero-order valence-corrected chi connectivity index (χ0v) is 14.0. The highest BCUT2D eigenvalue weighted by Gasteiger charge is 2.12. The van der Waals surface area contributed by atoms with Crippen molar-refractivity contribution in [2.75, 3.05) is 7.11 Å². The molecule has 5 heteroatoms. The van der Waals surface area contributed by atoms with Crippen LogP contribution in [0.2, 0.25) is 0 Å². The Labute approximate surface area is 134 Å². The standard InChI is InChI=1S/C15H14Br2FNO/c1-20-13-2-3-14(17)9(6-13)7-15(19)10-4-11(16)8-12(18)5-10/h2-6,8,15H,7,19H2,1H3. The van der Waals surface area contributed by atoms with Gasteiger partial charge in [0.05, 0.1) is 7.11 Å². The molecule has 0 amide bonds. The highest BCUT2D eigenvalue weighted by molar-refractivity contribution is 9.10. The van der Waals surface area contributed by atoms with Crippen LogP contribution < -0.4 is 10.5 Å². The highest BCUT2D eigenvalue weighted by atomic mass is 79.9. The third-order valence-electron chi connectivity index (χ3n) is 3.01. The number of hydrogen-bond donors (Lipinski definition) is 1. The molecule has 2 N–H and O–H groups in total. The number of ether oxygens (including phenoxy) is 1. The van der Waals surface area contributed by atoms with Gasteiger partial charge in [0.15, 0.2) is 0 Å². The maximum atomic E-state index is 13.4. The van der Waals surface area contributed by atoms with Crippen LogP contribution in [0.25, 0.3) is 0 Å². The lowest BCUT2D eigenvalue weighted by Gasteiger charge is -2.15. The normalized spacial score (nSPS) is 12.2. The van der Waals surface area contributed by atoms with E-state index in [1.54, 1.807) is 7.11 Å². The van der Waals surface area contributed by atoms with E-state index in [1.165, 1.54) is 12.1 Å². The Hall–Kier alpha value is -0.910. The first-order valence-corrected chi connectivity index (χ1v) is 7.62. The van der Waals surface area contributed by atoms with Crippen molar-refractivity contribution >= 4 is 31.9 Å². The number of benzene rings is 2. The molecule has 0 radical (unpaired) electrons. The molecule has 2 aromatic carbocycles. The van der Waals surface area contributed by atoms with Gasteiger partial charge in [-0.25, -0.2) is 4.39 Å². The molecule has 0 aliphatic heterocycles. The molecule has 0 aliphatic rings. The minimum atomic E-state index is -0.297. The second kappa shape index (κ2) is 6.70. The Bertz CT molecular complexity index is 599.